The molecule has 1 heterocycles. The third-order valence-corrected chi connectivity index (χ3v) is 5.24. The van der Waals surface area contributed by atoms with Crippen LogP contribution in [0.5, 0.6) is 0 Å². The largest absolute Gasteiger partial charge is 0.265 e. The van der Waals surface area contributed by atoms with E-state index in [0.29, 0.717) is 0 Å². The Morgan fingerprint density at radius 3 is 2.68 bits per heavy atom. The predicted molar refractivity (Wildman–Crippen MR) is 81.2 cm³/mol. The second-order valence-corrected chi connectivity index (χ2v) is 10.8. The van der Waals surface area contributed by atoms with Crippen LogP contribution in [0.15, 0.2) is 42.7 Å². The number of rotatable bonds is 3. The lowest BCUT2D eigenvalue weighted by atomic mass is 10.0. The van der Waals surface area contributed by atoms with Gasteiger partial charge in [0.05, 0.1) is 19.7 Å². The van der Waals surface area contributed by atoms with Crippen molar-refractivity contribution in [2.75, 3.05) is 0 Å². The van der Waals surface area contributed by atoms with Crippen molar-refractivity contribution < 1.29 is 0 Å². The fourth-order valence-electron chi connectivity index (χ4n) is 2.22. The van der Waals surface area contributed by atoms with E-state index in [1.165, 1.54) is 16.3 Å². The Kier molecular flexibility index (Phi) is 3.82. The molecule has 0 radical (unpaired) electrons. The first-order valence-corrected chi connectivity index (χ1v) is 9.93. The standard InChI is InChI=1S/C16H18N2Si/c1-19(2,3)16-12-18-8-7-15(16)10-13-5-4-6-14(9-13)11-17/h4-9,12H,10H2,1-3H3. The van der Waals surface area contributed by atoms with Crippen molar-refractivity contribution in [3.05, 3.63) is 59.4 Å². The molecule has 2 aromatic rings. The molecule has 1 aromatic heterocycles. The molecule has 0 aliphatic heterocycles. The summed E-state index contributed by atoms with van der Waals surface area (Å²) >= 11 is 0. The number of benzene rings is 1. The van der Waals surface area contributed by atoms with Gasteiger partial charge in [-0.3, -0.25) is 4.98 Å². The number of hydrogen-bond donors (Lipinski definition) is 0. The zero-order valence-corrected chi connectivity index (χ0v) is 12.6. The molecule has 1 aromatic carbocycles. The van der Waals surface area contributed by atoms with Crippen LogP contribution >= 0.6 is 0 Å². The van der Waals surface area contributed by atoms with Crippen molar-refractivity contribution in [3.8, 4) is 6.07 Å². The van der Waals surface area contributed by atoms with Crippen LogP contribution in [0, 0.1) is 11.3 Å². The molecule has 2 nitrogen and oxygen atoms in total. The van der Waals surface area contributed by atoms with Crippen molar-refractivity contribution in [2.45, 2.75) is 26.1 Å². The third kappa shape index (κ3) is 3.30. The molecule has 0 aliphatic rings. The van der Waals surface area contributed by atoms with E-state index >= 15 is 0 Å². The number of nitrogens with zero attached hydrogens (tertiary/aromatic N) is 2. The highest BCUT2D eigenvalue weighted by molar-refractivity contribution is 6.89. The normalized spacial score (nSPS) is 11.1. The highest BCUT2D eigenvalue weighted by atomic mass is 28.3. The summed E-state index contributed by atoms with van der Waals surface area (Å²) in [6, 6.07) is 12.1. The van der Waals surface area contributed by atoms with Gasteiger partial charge in [-0.1, -0.05) is 31.8 Å². The maximum atomic E-state index is 8.96. The summed E-state index contributed by atoms with van der Waals surface area (Å²) in [7, 11) is -1.38. The topological polar surface area (TPSA) is 36.7 Å². The van der Waals surface area contributed by atoms with Gasteiger partial charge >= 0.3 is 0 Å². The van der Waals surface area contributed by atoms with Crippen molar-refractivity contribution in [2.24, 2.45) is 0 Å². The zero-order valence-electron chi connectivity index (χ0n) is 11.6. The summed E-state index contributed by atoms with van der Waals surface area (Å²) in [5.41, 5.74) is 3.25. The van der Waals surface area contributed by atoms with Gasteiger partial charge in [0.1, 0.15) is 0 Å². The molecule has 0 aliphatic carbocycles. The van der Waals surface area contributed by atoms with Crippen molar-refractivity contribution in [3.63, 3.8) is 0 Å². The summed E-state index contributed by atoms with van der Waals surface area (Å²) < 4.78 is 0. The van der Waals surface area contributed by atoms with Gasteiger partial charge in [-0.2, -0.15) is 5.26 Å². The van der Waals surface area contributed by atoms with Crippen LogP contribution < -0.4 is 5.19 Å². The molecule has 2 rings (SSSR count). The molecule has 0 unspecified atom stereocenters. The Morgan fingerprint density at radius 1 is 1.21 bits per heavy atom. The Morgan fingerprint density at radius 2 is 2.00 bits per heavy atom. The maximum Gasteiger partial charge on any atom is 0.0991 e. The molecular weight excluding hydrogens is 248 g/mol. The van der Waals surface area contributed by atoms with E-state index in [1.807, 2.05) is 30.6 Å². The van der Waals surface area contributed by atoms with Gasteiger partial charge < -0.3 is 0 Å². The average molecular weight is 266 g/mol. The summed E-state index contributed by atoms with van der Waals surface area (Å²) in [4.78, 5) is 4.27. The number of hydrogen-bond acceptors (Lipinski definition) is 2. The molecule has 0 saturated heterocycles. The van der Waals surface area contributed by atoms with Crippen molar-refractivity contribution >= 4 is 13.3 Å². The molecule has 3 heteroatoms. The first-order chi connectivity index (χ1) is 9.00. The van der Waals surface area contributed by atoms with E-state index < -0.39 is 8.07 Å². The molecule has 0 amide bonds. The monoisotopic (exact) mass is 266 g/mol. The second kappa shape index (κ2) is 5.37. The van der Waals surface area contributed by atoms with Gasteiger partial charge in [0.2, 0.25) is 0 Å². The molecule has 0 N–H and O–H groups in total. The lowest BCUT2D eigenvalue weighted by Gasteiger charge is -2.20. The highest BCUT2D eigenvalue weighted by Gasteiger charge is 2.20. The minimum absolute atomic E-state index is 0.723. The molecule has 0 fully saturated rings. The second-order valence-electron chi connectivity index (χ2n) is 5.77. The van der Waals surface area contributed by atoms with E-state index in [-0.39, 0.29) is 0 Å². The third-order valence-electron chi connectivity index (χ3n) is 3.17. The summed E-state index contributed by atoms with van der Waals surface area (Å²) in [5, 5.41) is 10.4. The van der Waals surface area contributed by atoms with Gasteiger partial charge in [-0.15, -0.1) is 0 Å². The molecule has 96 valence electrons. The van der Waals surface area contributed by atoms with Gasteiger partial charge in [0.15, 0.2) is 0 Å². The van der Waals surface area contributed by atoms with Crippen LogP contribution in [0.2, 0.25) is 19.6 Å². The Hall–Kier alpha value is -1.92. The molecule has 0 saturated carbocycles. The zero-order chi connectivity index (χ0) is 13.9. The maximum absolute atomic E-state index is 8.96. The summed E-state index contributed by atoms with van der Waals surface area (Å²) in [6.45, 7) is 7.00. The minimum atomic E-state index is -1.38. The van der Waals surface area contributed by atoms with Gasteiger partial charge in [-0.25, -0.2) is 0 Å². The average Bonchev–Trinajstić information content (AvgIpc) is 2.38. The van der Waals surface area contributed by atoms with Crippen LogP contribution in [0.25, 0.3) is 0 Å². The summed E-state index contributed by atoms with van der Waals surface area (Å²) in [6.07, 6.45) is 4.74. The number of pyridine rings is 1. The van der Waals surface area contributed by atoms with Gasteiger partial charge in [0, 0.05) is 12.4 Å². The van der Waals surface area contributed by atoms with E-state index in [9.17, 15) is 0 Å². The lowest BCUT2D eigenvalue weighted by molar-refractivity contribution is 1.17. The van der Waals surface area contributed by atoms with Crippen molar-refractivity contribution in [1.29, 1.82) is 5.26 Å². The fraction of sp³-hybridized carbons (Fsp3) is 0.250. The fourth-order valence-corrected chi connectivity index (χ4v) is 3.82. The Balaban J connectivity index is 2.36. The molecule has 0 bridgehead atoms. The SMILES string of the molecule is C[Si](C)(C)c1cnccc1Cc1cccc(C#N)c1. The predicted octanol–water partition coefficient (Wildman–Crippen LogP) is 3.09. The summed E-state index contributed by atoms with van der Waals surface area (Å²) in [5.74, 6) is 0. The molecule has 19 heavy (non-hydrogen) atoms. The van der Waals surface area contributed by atoms with Crippen LogP contribution in [-0.4, -0.2) is 13.1 Å². The Labute approximate surface area is 115 Å². The van der Waals surface area contributed by atoms with E-state index in [4.69, 9.17) is 5.26 Å². The van der Waals surface area contributed by atoms with Gasteiger partial charge in [0.25, 0.3) is 0 Å². The first kappa shape index (κ1) is 13.5. The molecule has 0 atom stereocenters. The van der Waals surface area contributed by atoms with Crippen LogP contribution in [0.3, 0.4) is 0 Å². The molecule has 0 spiro atoms. The lowest BCUT2D eigenvalue weighted by Crippen LogP contribution is -2.40. The highest BCUT2D eigenvalue weighted by Crippen LogP contribution is 2.13. The quantitative estimate of drug-likeness (QED) is 0.800. The van der Waals surface area contributed by atoms with Gasteiger partial charge in [-0.05, 0) is 40.9 Å². The number of aromatic nitrogens is 1. The van der Waals surface area contributed by atoms with Crippen LogP contribution in [0.4, 0.5) is 0 Å². The minimum Gasteiger partial charge on any atom is -0.265 e. The smallest absolute Gasteiger partial charge is 0.0991 e. The first-order valence-electron chi connectivity index (χ1n) is 6.43. The molecular formula is C16H18N2Si. The van der Waals surface area contributed by atoms with E-state index in [0.717, 1.165) is 12.0 Å². The van der Waals surface area contributed by atoms with Crippen LogP contribution in [0.1, 0.15) is 16.7 Å². The number of nitriles is 1. The Bertz CT molecular complexity index is 621. The van der Waals surface area contributed by atoms with E-state index in [1.54, 1.807) is 0 Å². The van der Waals surface area contributed by atoms with Crippen LogP contribution in [-0.2, 0) is 6.42 Å². The van der Waals surface area contributed by atoms with E-state index in [2.05, 4.69) is 42.8 Å². The van der Waals surface area contributed by atoms with Crippen molar-refractivity contribution in [1.82, 2.24) is 4.98 Å².